The van der Waals surface area contributed by atoms with Gasteiger partial charge in [0.05, 0.1) is 12.0 Å². The van der Waals surface area contributed by atoms with Crippen molar-refractivity contribution in [2.75, 3.05) is 11.1 Å². The number of hydrogen-bond acceptors (Lipinski definition) is 8. The number of furan rings is 1. The fourth-order valence-corrected chi connectivity index (χ4v) is 3.71. The van der Waals surface area contributed by atoms with Crippen molar-refractivity contribution < 1.29 is 9.21 Å². The SMILES string of the molecule is CCc1nnc(NC(=O)CSc2nnc(-c3ccco3)n2C(C)C)s1. The number of rotatable bonds is 7. The average Bonchev–Trinajstić information content (AvgIpc) is 3.32. The van der Waals surface area contributed by atoms with E-state index in [1.165, 1.54) is 23.1 Å². The topological polar surface area (TPSA) is 98.7 Å². The molecule has 0 saturated heterocycles. The van der Waals surface area contributed by atoms with Gasteiger partial charge in [0.1, 0.15) is 5.01 Å². The van der Waals surface area contributed by atoms with E-state index >= 15 is 0 Å². The standard InChI is InChI=1S/C15H18N6O2S2/c1-4-12-17-19-14(25-12)16-11(22)8-24-15-20-18-13(21(15)9(2)3)10-6-5-7-23-10/h5-7,9H,4,8H2,1-3H3,(H,16,19,22). The van der Waals surface area contributed by atoms with Crippen LogP contribution in [-0.4, -0.2) is 36.6 Å². The third-order valence-electron chi connectivity index (χ3n) is 3.27. The predicted octanol–water partition coefficient (Wildman–Crippen LogP) is 3.26. The minimum absolute atomic E-state index is 0.135. The lowest BCUT2D eigenvalue weighted by Crippen LogP contribution is -2.15. The Hall–Kier alpha value is -2.20. The van der Waals surface area contributed by atoms with Gasteiger partial charge < -0.3 is 4.42 Å². The van der Waals surface area contributed by atoms with Gasteiger partial charge in [0.15, 0.2) is 10.9 Å². The first-order chi connectivity index (χ1) is 12.1. The number of aryl methyl sites for hydroxylation is 1. The summed E-state index contributed by atoms with van der Waals surface area (Å²) in [5.41, 5.74) is 0. The molecule has 0 unspecified atom stereocenters. The van der Waals surface area contributed by atoms with Crippen molar-refractivity contribution in [1.29, 1.82) is 0 Å². The summed E-state index contributed by atoms with van der Waals surface area (Å²) < 4.78 is 7.37. The van der Waals surface area contributed by atoms with E-state index < -0.39 is 0 Å². The summed E-state index contributed by atoms with van der Waals surface area (Å²) in [4.78, 5) is 12.1. The number of nitrogens with one attached hydrogen (secondary N) is 1. The van der Waals surface area contributed by atoms with Crippen molar-refractivity contribution >= 4 is 34.1 Å². The highest BCUT2D eigenvalue weighted by Crippen LogP contribution is 2.28. The molecule has 3 rings (SSSR count). The highest BCUT2D eigenvalue weighted by atomic mass is 32.2. The van der Waals surface area contributed by atoms with E-state index in [4.69, 9.17) is 4.42 Å². The number of aromatic nitrogens is 5. The molecule has 0 aliphatic rings. The van der Waals surface area contributed by atoms with Gasteiger partial charge >= 0.3 is 0 Å². The Labute approximate surface area is 153 Å². The van der Waals surface area contributed by atoms with E-state index in [0.717, 1.165) is 11.4 Å². The maximum absolute atomic E-state index is 12.1. The van der Waals surface area contributed by atoms with E-state index in [1.807, 2.05) is 37.5 Å². The zero-order chi connectivity index (χ0) is 17.8. The molecule has 0 spiro atoms. The molecule has 0 bridgehead atoms. The van der Waals surface area contributed by atoms with E-state index in [1.54, 1.807) is 6.26 Å². The van der Waals surface area contributed by atoms with Gasteiger partial charge in [-0.05, 0) is 32.4 Å². The fourth-order valence-electron chi connectivity index (χ4n) is 2.15. The molecule has 0 fully saturated rings. The van der Waals surface area contributed by atoms with Crippen LogP contribution in [0.1, 0.15) is 31.8 Å². The maximum Gasteiger partial charge on any atom is 0.236 e. The largest absolute Gasteiger partial charge is 0.461 e. The van der Waals surface area contributed by atoms with Gasteiger partial charge in [-0.3, -0.25) is 14.7 Å². The quantitative estimate of drug-likeness (QED) is 0.630. The van der Waals surface area contributed by atoms with Crippen molar-refractivity contribution in [2.24, 2.45) is 0 Å². The minimum atomic E-state index is -0.151. The van der Waals surface area contributed by atoms with Crippen molar-refractivity contribution in [3.05, 3.63) is 23.4 Å². The molecule has 0 radical (unpaired) electrons. The second-order valence-electron chi connectivity index (χ2n) is 5.44. The molecule has 132 valence electrons. The van der Waals surface area contributed by atoms with Gasteiger partial charge in [-0.25, -0.2) is 0 Å². The zero-order valence-electron chi connectivity index (χ0n) is 14.1. The number of hydrogen-bond donors (Lipinski definition) is 1. The summed E-state index contributed by atoms with van der Waals surface area (Å²) in [5.74, 6) is 1.36. The molecule has 0 aliphatic carbocycles. The number of carbonyl (C=O) groups excluding carboxylic acids is 1. The van der Waals surface area contributed by atoms with E-state index in [9.17, 15) is 4.79 Å². The van der Waals surface area contributed by atoms with Crippen molar-refractivity contribution in [3.63, 3.8) is 0 Å². The third kappa shape index (κ3) is 4.07. The summed E-state index contributed by atoms with van der Waals surface area (Å²) in [7, 11) is 0. The van der Waals surface area contributed by atoms with Gasteiger partial charge in [-0.2, -0.15) is 0 Å². The summed E-state index contributed by atoms with van der Waals surface area (Å²) in [5, 5.41) is 21.2. The van der Waals surface area contributed by atoms with Crippen molar-refractivity contribution in [3.8, 4) is 11.6 Å². The van der Waals surface area contributed by atoms with Crippen LogP contribution in [-0.2, 0) is 11.2 Å². The predicted molar refractivity (Wildman–Crippen MR) is 96.7 cm³/mol. The summed E-state index contributed by atoms with van der Waals surface area (Å²) in [6.07, 6.45) is 2.40. The Balaban J connectivity index is 1.67. The Bertz CT molecular complexity index is 840. The second-order valence-corrected chi connectivity index (χ2v) is 7.44. The lowest BCUT2D eigenvalue weighted by Gasteiger charge is -2.12. The van der Waals surface area contributed by atoms with Crippen LogP contribution in [0.3, 0.4) is 0 Å². The van der Waals surface area contributed by atoms with Crippen molar-refractivity contribution in [2.45, 2.75) is 38.4 Å². The molecule has 3 heterocycles. The molecule has 25 heavy (non-hydrogen) atoms. The summed E-state index contributed by atoms with van der Waals surface area (Å²) in [6.45, 7) is 6.07. The fraction of sp³-hybridized carbons (Fsp3) is 0.400. The molecular formula is C15H18N6O2S2. The Morgan fingerprint density at radius 3 is 2.84 bits per heavy atom. The molecule has 1 N–H and O–H groups in total. The van der Waals surface area contributed by atoms with Crippen LogP contribution in [0.5, 0.6) is 0 Å². The normalized spacial score (nSPS) is 11.2. The van der Waals surface area contributed by atoms with Crippen LogP contribution in [0.4, 0.5) is 5.13 Å². The van der Waals surface area contributed by atoms with Gasteiger partial charge in [-0.15, -0.1) is 20.4 Å². The second kappa shape index (κ2) is 7.79. The zero-order valence-corrected chi connectivity index (χ0v) is 15.7. The van der Waals surface area contributed by atoms with Gasteiger partial charge in [0.2, 0.25) is 16.9 Å². The van der Waals surface area contributed by atoms with Crippen LogP contribution >= 0.6 is 23.1 Å². The number of carbonyl (C=O) groups is 1. The van der Waals surface area contributed by atoms with Crippen LogP contribution in [0.25, 0.3) is 11.6 Å². The summed E-state index contributed by atoms with van der Waals surface area (Å²) in [6, 6.07) is 3.78. The van der Waals surface area contributed by atoms with Gasteiger partial charge in [0.25, 0.3) is 0 Å². The molecule has 10 heteroatoms. The number of nitrogens with zero attached hydrogens (tertiary/aromatic N) is 5. The van der Waals surface area contributed by atoms with E-state index in [-0.39, 0.29) is 17.7 Å². The van der Waals surface area contributed by atoms with Gasteiger partial charge in [-0.1, -0.05) is 30.0 Å². The first-order valence-electron chi connectivity index (χ1n) is 7.82. The molecular weight excluding hydrogens is 360 g/mol. The molecule has 0 saturated carbocycles. The Morgan fingerprint density at radius 2 is 2.20 bits per heavy atom. The molecule has 3 aromatic heterocycles. The number of anilines is 1. The molecule has 0 aromatic carbocycles. The number of amides is 1. The van der Waals surface area contributed by atoms with Crippen LogP contribution < -0.4 is 5.32 Å². The molecule has 0 atom stereocenters. The third-order valence-corrected chi connectivity index (χ3v) is 5.20. The van der Waals surface area contributed by atoms with Crippen LogP contribution in [0.2, 0.25) is 0 Å². The Morgan fingerprint density at radius 1 is 1.36 bits per heavy atom. The first-order valence-corrected chi connectivity index (χ1v) is 9.62. The number of thioether (sulfide) groups is 1. The van der Waals surface area contributed by atoms with Crippen molar-refractivity contribution in [1.82, 2.24) is 25.0 Å². The van der Waals surface area contributed by atoms with Crippen LogP contribution in [0.15, 0.2) is 28.0 Å². The highest BCUT2D eigenvalue weighted by molar-refractivity contribution is 7.99. The maximum atomic E-state index is 12.1. The molecule has 3 aromatic rings. The van der Waals surface area contributed by atoms with E-state index in [0.29, 0.717) is 21.9 Å². The van der Waals surface area contributed by atoms with Gasteiger partial charge in [0, 0.05) is 6.04 Å². The summed E-state index contributed by atoms with van der Waals surface area (Å²) >= 11 is 2.71. The molecule has 8 nitrogen and oxygen atoms in total. The molecule has 1 amide bonds. The molecule has 0 aliphatic heterocycles. The smallest absolute Gasteiger partial charge is 0.236 e. The average molecular weight is 378 g/mol. The first kappa shape index (κ1) is 17.6. The Kier molecular flexibility index (Phi) is 5.49. The lowest BCUT2D eigenvalue weighted by molar-refractivity contribution is -0.113. The monoisotopic (exact) mass is 378 g/mol. The van der Waals surface area contributed by atoms with E-state index in [2.05, 4.69) is 25.7 Å². The highest BCUT2D eigenvalue weighted by Gasteiger charge is 2.19. The lowest BCUT2D eigenvalue weighted by atomic mass is 10.3. The van der Waals surface area contributed by atoms with Crippen LogP contribution in [0, 0.1) is 0 Å². The minimum Gasteiger partial charge on any atom is -0.461 e.